The second-order valence-corrected chi connectivity index (χ2v) is 6.01. The molecule has 0 radical (unpaired) electrons. The fourth-order valence-corrected chi connectivity index (χ4v) is 3.89. The van der Waals surface area contributed by atoms with Crippen LogP contribution in [0.25, 0.3) is 0 Å². The smallest absolute Gasteiger partial charge is 0.248 e. The van der Waals surface area contributed by atoms with Gasteiger partial charge < -0.3 is 10.8 Å². The first-order chi connectivity index (χ1) is 7.96. The Morgan fingerprint density at radius 1 is 1.65 bits per heavy atom. The van der Waals surface area contributed by atoms with E-state index in [-0.39, 0.29) is 23.4 Å². The summed E-state index contributed by atoms with van der Waals surface area (Å²) in [6.45, 7) is 0.251. The number of aliphatic hydroxyl groups is 1. The van der Waals surface area contributed by atoms with E-state index in [0.717, 1.165) is 6.42 Å². The van der Waals surface area contributed by atoms with Gasteiger partial charge in [0.2, 0.25) is 10.0 Å². The molecular formula is C9H16N4O3S. The van der Waals surface area contributed by atoms with E-state index in [1.54, 1.807) is 7.05 Å². The van der Waals surface area contributed by atoms with Gasteiger partial charge in [-0.05, 0) is 12.8 Å². The zero-order valence-electron chi connectivity index (χ0n) is 9.57. The summed E-state index contributed by atoms with van der Waals surface area (Å²) < 4.78 is 27.3. The number of sulfonamides is 1. The first-order valence-electron chi connectivity index (χ1n) is 5.38. The van der Waals surface area contributed by atoms with Gasteiger partial charge in [0.25, 0.3) is 0 Å². The van der Waals surface area contributed by atoms with Gasteiger partial charge in [0.05, 0.1) is 6.61 Å². The molecule has 3 N–H and O–H groups in total. The lowest BCUT2D eigenvalue weighted by atomic mass is 10.2. The van der Waals surface area contributed by atoms with E-state index in [4.69, 9.17) is 10.8 Å². The summed E-state index contributed by atoms with van der Waals surface area (Å²) in [4.78, 5) is 0.0142. The Bertz CT molecular complexity index is 510. The Morgan fingerprint density at radius 2 is 2.35 bits per heavy atom. The minimum Gasteiger partial charge on any atom is -0.395 e. The number of nitrogens with two attached hydrogens (primary N) is 1. The molecule has 1 atom stereocenters. The number of aromatic nitrogens is 2. The van der Waals surface area contributed by atoms with Crippen molar-refractivity contribution in [1.29, 1.82) is 0 Å². The van der Waals surface area contributed by atoms with Gasteiger partial charge in [-0.25, -0.2) is 8.42 Å². The molecule has 0 amide bonds. The van der Waals surface area contributed by atoms with Crippen LogP contribution < -0.4 is 5.73 Å². The molecule has 7 nitrogen and oxygen atoms in total. The lowest BCUT2D eigenvalue weighted by Crippen LogP contribution is -2.37. The van der Waals surface area contributed by atoms with E-state index >= 15 is 0 Å². The van der Waals surface area contributed by atoms with E-state index in [1.165, 1.54) is 15.2 Å². The van der Waals surface area contributed by atoms with Crippen LogP contribution >= 0.6 is 0 Å². The number of nitrogens with zero attached hydrogens (tertiary/aromatic N) is 3. The van der Waals surface area contributed by atoms with Crippen molar-refractivity contribution in [3.8, 4) is 0 Å². The van der Waals surface area contributed by atoms with Crippen molar-refractivity contribution in [1.82, 2.24) is 14.1 Å². The van der Waals surface area contributed by atoms with Crippen molar-refractivity contribution >= 4 is 15.8 Å². The summed E-state index contributed by atoms with van der Waals surface area (Å²) in [6.07, 6.45) is 2.82. The lowest BCUT2D eigenvalue weighted by Gasteiger charge is -2.21. The quantitative estimate of drug-likeness (QED) is 0.737. The van der Waals surface area contributed by atoms with Crippen molar-refractivity contribution in [2.24, 2.45) is 7.05 Å². The SMILES string of the molecule is Cn1cc(S(=O)(=O)N2CCC[C@@H]2CO)c(N)n1. The average molecular weight is 260 g/mol. The fraction of sp³-hybridized carbons (Fsp3) is 0.667. The predicted molar refractivity (Wildman–Crippen MR) is 61.6 cm³/mol. The molecule has 0 aromatic carbocycles. The maximum Gasteiger partial charge on any atom is 0.248 e. The number of hydrogen-bond donors (Lipinski definition) is 2. The molecule has 2 heterocycles. The molecule has 0 aliphatic carbocycles. The molecule has 0 spiro atoms. The fourth-order valence-electron chi connectivity index (χ4n) is 2.12. The van der Waals surface area contributed by atoms with Crippen LogP contribution in [-0.2, 0) is 17.1 Å². The van der Waals surface area contributed by atoms with Crippen molar-refractivity contribution in [3.63, 3.8) is 0 Å². The number of hydrogen-bond acceptors (Lipinski definition) is 5. The van der Waals surface area contributed by atoms with Gasteiger partial charge in [0.1, 0.15) is 4.90 Å². The Balaban J connectivity index is 2.39. The summed E-state index contributed by atoms with van der Waals surface area (Å²) in [5.74, 6) is -0.00362. The van der Waals surface area contributed by atoms with Gasteiger partial charge in [-0.3, -0.25) is 4.68 Å². The summed E-state index contributed by atoms with van der Waals surface area (Å²) in [7, 11) is -2.03. The number of aryl methyl sites for hydroxylation is 1. The number of rotatable bonds is 3. The molecule has 17 heavy (non-hydrogen) atoms. The Labute approximate surface area is 99.9 Å². The zero-order chi connectivity index (χ0) is 12.6. The molecule has 96 valence electrons. The second-order valence-electron chi connectivity index (χ2n) is 4.15. The standard InChI is InChI=1S/C9H16N4O3S/c1-12-5-8(9(10)11-12)17(15,16)13-4-2-3-7(13)6-14/h5,7,14H,2-4,6H2,1H3,(H2,10,11)/t7-/m1/s1. The summed E-state index contributed by atoms with van der Waals surface area (Å²) >= 11 is 0. The lowest BCUT2D eigenvalue weighted by molar-refractivity contribution is 0.213. The second kappa shape index (κ2) is 4.28. The van der Waals surface area contributed by atoms with Gasteiger partial charge in [-0.1, -0.05) is 0 Å². The van der Waals surface area contributed by atoms with Gasteiger partial charge in [-0.2, -0.15) is 9.40 Å². The van der Waals surface area contributed by atoms with Crippen LogP contribution in [0.1, 0.15) is 12.8 Å². The van der Waals surface area contributed by atoms with Crippen molar-refractivity contribution < 1.29 is 13.5 Å². The van der Waals surface area contributed by atoms with E-state index in [0.29, 0.717) is 13.0 Å². The van der Waals surface area contributed by atoms with E-state index < -0.39 is 10.0 Å². The molecule has 8 heteroatoms. The molecule has 1 aromatic heterocycles. The third kappa shape index (κ3) is 2.03. The van der Waals surface area contributed by atoms with Gasteiger partial charge in [-0.15, -0.1) is 0 Å². The van der Waals surface area contributed by atoms with Gasteiger partial charge >= 0.3 is 0 Å². The molecule has 1 saturated heterocycles. The first-order valence-corrected chi connectivity index (χ1v) is 6.82. The molecule has 1 aromatic rings. The van der Waals surface area contributed by atoms with Crippen LogP contribution in [0, 0.1) is 0 Å². The van der Waals surface area contributed by atoms with E-state index in [1.807, 2.05) is 0 Å². The molecule has 1 aliphatic heterocycles. The van der Waals surface area contributed by atoms with Crippen molar-refractivity contribution in [2.75, 3.05) is 18.9 Å². The summed E-state index contributed by atoms with van der Waals surface area (Å²) in [5, 5.41) is 13.0. The molecule has 0 saturated carbocycles. The van der Waals surface area contributed by atoms with Crippen LogP contribution in [0.5, 0.6) is 0 Å². The van der Waals surface area contributed by atoms with E-state index in [2.05, 4.69) is 5.10 Å². The normalized spacial score (nSPS) is 22.1. The number of aliphatic hydroxyl groups excluding tert-OH is 1. The molecule has 1 fully saturated rings. The van der Waals surface area contributed by atoms with Crippen LogP contribution in [0.2, 0.25) is 0 Å². The van der Waals surface area contributed by atoms with Crippen LogP contribution in [0.4, 0.5) is 5.82 Å². The minimum absolute atomic E-state index is 0.00362. The highest BCUT2D eigenvalue weighted by Crippen LogP contribution is 2.27. The molecule has 1 aliphatic rings. The Hall–Kier alpha value is -1.12. The van der Waals surface area contributed by atoms with Crippen LogP contribution in [0.15, 0.2) is 11.1 Å². The van der Waals surface area contributed by atoms with E-state index in [9.17, 15) is 8.42 Å². The highest BCUT2D eigenvalue weighted by atomic mass is 32.2. The minimum atomic E-state index is -3.64. The van der Waals surface area contributed by atoms with Gasteiger partial charge in [0.15, 0.2) is 5.82 Å². The first kappa shape index (κ1) is 12.3. The van der Waals surface area contributed by atoms with Gasteiger partial charge in [0, 0.05) is 25.8 Å². The summed E-state index contributed by atoms with van der Waals surface area (Å²) in [5.41, 5.74) is 5.58. The highest BCUT2D eigenvalue weighted by Gasteiger charge is 2.36. The molecular weight excluding hydrogens is 244 g/mol. The number of nitrogen functional groups attached to an aromatic ring is 1. The third-order valence-corrected chi connectivity index (χ3v) is 4.91. The maximum absolute atomic E-state index is 12.3. The Kier molecular flexibility index (Phi) is 3.11. The molecule has 0 unspecified atom stereocenters. The third-order valence-electron chi connectivity index (χ3n) is 2.94. The number of anilines is 1. The van der Waals surface area contributed by atoms with Crippen LogP contribution in [0.3, 0.4) is 0 Å². The Morgan fingerprint density at radius 3 is 2.88 bits per heavy atom. The maximum atomic E-state index is 12.3. The largest absolute Gasteiger partial charge is 0.395 e. The van der Waals surface area contributed by atoms with Crippen molar-refractivity contribution in [3.05, 3.63) is 6.20 Å². The topological polar surface area (TPSA) is 101 Å². The predicted octanol–water partition coefficient (Wildman–Crippen LogP) is -0.852. The molecule has 0 bridgehead atoms. The monoisotopic (exact) mass is 260 g/mol. The highest BCUT2D eigenvalue weighted by molar-refractivity contribution is 7.89. The molecule has 2 rings (SSSR count). The summed E-state index contributed by atoms with van der Waals surface area (Å²) in [6, 6.07) is -0.348. The average Bonchev–Trinajstić information content (AvgIpc) is 2.84. The van der Waals surface area contributed by atoms with Crippen LogP contribution in [-0.4, -0.2) is 46.8 Å². The van der Waals surface area contributed by atoms with Crippen molar-refractivity contribution in [2.45, 2.75) is 23.8 Å². The zero-order valence-corrected chi connectivity index (χ0v) is 10.4.